The molecule has 3 nitrogen and oxygen atoms in total. The average Bonchev–Trinajstić information content (AvgIpc) is 3.96. The van der Waals surface area contributed by atoms with Crippen molar-refractivity contribution in [2.45, 2.75) is 5.41 Å². The monoisotopic (exact) mass is 741 g/mol. The molecule has 0 N–H and O–H groups in total. The lowest BCUT2D eigenvalue weighted by atomic mass is 9.67. The van der Waals surface area contributed by atoms with Gasteiger partial charge < -0.3 is 13.7 Å². The summed E-state index contributed by atoms with van der Waals surface area (Å²) in [6.07, 6.45) is 0. The van der Waals surface area contributed by atoms with Crippen molar-refractivity contribution in [1.82, 2.24) is 0 Å². The molecular weight excluding hydrogens is 707 g/mol. The van der Waals surface area contributed by atoms with Crippen molar-refractivity contribution in [1.29, 1.82) is 0 Å². The second-order valence-electron chi connectivity index (χ2n) is 15.2. The zero-order valence-corrected chi connectivity index (χ0v) is 31.5. The molecule has 0 amide bonds. The molecule has 3 heteroatoms. The Morgan fingerprint density at radius 1 is 0.345 bits per heavy atom. The van der Waals surface area contributed by atoms with Crippen LogP contribution in [0.15, 0.2) is 221 Å². The maximum Gasteiger partial charge on any atom is 0.137 e. The Hall–Kier alpha value is -7.62. The predicted octanol–water partition coefficient (Wildman–Crippen LogP) is 15.0. The van der Waals surface area contributed by atoms with E-state index in [0.29, 0.717) is 0 Å². The summed E-state index contributed by atoms with van der Waals surface area (Å²) in [5, 5.41) is 4.30. The average molecular weight is 742 g/mol. The van der Waals surface area contributed by atoms with Gasteiger partial charge >= 0.3 is 0 Å². The van der Waals surface area contributed by atoms with Crippen LogP contribution in [0.4, 0.5) is 17.1 Å². The predicted molar refractivity (Wildman–Crippen MR) is 238 cm³/mol. The van der Waals surface area contributed by atoms with Gasteiger partial charge in [-0.2, -0.15) is 0 Å². The summed E-state index contributed by atoms with van der Waals surface area (Å²) in [6.45, 7) is 0. The van der Waals surface area contributed by atoms with Crippen LogP contribution in [0.2, 0.25) is 0 Å². The number of nitrogens with zero attached hydrogens (tertiary/aromatic N) is 1. The van der Waals surface area contributed by atoms with Crippen LogP contribution in [0.25, 0.3) is 66.1 Å². The number of rotatable bonds is 6. The largest absolute Gasteiger partial charge is 0.456 e. The third-order valence-corrected chi connectivity index (χ3v) is 12.1. The van der Waals surface area contributed by atoms with Gasteiger partial charge in [0, 0.05) is 27.5 Å². The summed E-state index contributed by atoms with van der Waals surface area (Å²) in [5.41, 5.74) is 15.9. The van der Waals surface area contributed by atoms with Crippen LogP contribution in [-0.4, -0.2) is 0 Å². The Bertz CT molecular complexity index is 3310. The molecular formula is C55H35NO2. The SMILES string of the molecule is c1ccc(-c2ccc3oc4cccc(N(c5cccc(C6(c7ccccc7)c7ccccc7-c7ccccc76)c5)c5ccc6oc7ccccc7c6c5)c4c3c2)cc1. The lowest BCUT2D eigenvalue weighted by molar-refractivity contribution is 0.668. The first kappa shape index (κ1) is 32.6. The second kappa shape index (κ2) is 12.7. The number of fused-ring (bicyclic) bond motifs is 9. The van der Waals surface area contributed by atoms with Gasteiger partial charge in [-0.25, -0.2) is 0 Å². The summed E-state index contributed by atoms with van der Waals surface area (Å²) in [7, 11) is 0. The van der Waals surface area contributed by atoms with E-state index in [9.17, 15) is 0 Å². The smallest absolute Gasteiger partial charge is 0.137 e. The molecule has 0 spiro atoms. The highest BCUT2D eigenvalue weighted by Crippen LogP contribution is 2.57. The molecule has 0 atom stereocenters. The van der Waals surface area contributed by atoms with E-state index in [-0.39, 0.29) is 0 Å². The first-order valence-corrected chi connectivity index (χ1v) is 19.8. The quantitative estimate of drug-likeness (QED) is 0.170. The van der Waals surface area contributed by atoms with Gasteiger partial charge in [0.2, 0.25) is 0 Å². The summed E-state index contributed by atoms with van der Waals surface area (Å²) in [4.78, 5) is 2.41. The lowest BCUT2D eigenvalue weighted by Crippen LogP contribution is -2.28. The van der Waals surface area contributed by atoms with Gasteiger partial charge in [-0.15, -0.1) is 0 Å². The van der Waals surface area contributed by atoms with Crippen LogP contribution in [0.1, 0.15) is 22.3 Å². The number of para-hydroxylation sites is 1. The van der Waals surface area contributed by atoms with Crippen molar-refractivity contribution in [3.05, 3.63) is 235 Å². The highest BCUT2D eigenvalue weighted by Gasteiger charge is 2.46. The number of anilines is 3. The molecule has 9 aromatic carbocycles. The molecule has 2 aromatic heterocycles. The molecule has 12 rings (SSSR count). The van der Waals surface area contributed by atoms with Crippen molar-refractivity contribution in [3.8, 4) is 22.3 Å². The van der Waals surface area contributed by atoms with Gasteiger partial charge in [-0.05, 0) is 105 Å². The Labute approximate surface area is 335 Å². The molecule has 0 saturated carbocycles. The second-order valence-corrected chi connectivity index (χ2v) is 15.2. The lowest BCUT2D eigenvalue weighted by Gasteiger charge is -2.35. The van der Waals surface area contributed by atoms with Crippen molar-refractivity contribution in [3.63, 3.8) is 0 Å². The van der Waals surface area contributed by atoms with E-state index in [2.05, 4.69) is 205 Å². The first-order chi connectivity index (χ1) is 28.8. The summed E-state index contributed by atoms with van der Waals surface area (Å²) >= 11 is 0. The minimum Gasteiger partial charge on any atom is -0.456 e. The van der Waals surface area contributed by atoms with E-state index in [4.69, 9.17) is 8.83 Å². The number of hydrogen-bond acceptors (Lipinski definition) is 3. The Morgan fingerprint density at radius 3 is 1.74 bits per heavy atom. The molecule has 58 heavy (non-hydrogen) atoms. The molecule has 0 radical (unpaired) electrons. The third kappa shape index (κ3) is 4.74. The van der Waals surface area contributed by atoms with Crippen molar-refractivity contribution in [2.24, 2.45) is 0 Å². The maximum absolute atomic E-state index is 6.64. The fraction of sp³-hybridized carbons (Fsp3) is 0.0182. The highest BCUT2D eigenvalue weighted by molar-refractivity contribution is 6.15. The van der Waals surface area contributed by atoms with Gasteiger partial charge in [0.1, 0.15) is 22.3 Å². The number of benzene rings is 9. The Balaban J connectivity index is 1.15. The van der Waals surface area contributed by atoms with Crippen molar-refractivity contribution >= 4 is 60.9 Å². The van der Waals surface area contributed by atoms with Crippen LogP contribution < -0.4 is 4.90 Å². The van der Waals surface area contributed by atoms with Gasteiger partial charge in [0.25, 0.3) is 0 Å². The molecule has 0 aliphatic heterocycles. The van der Waals surface area contributed by atoms with E-state index in [0.717, 1.165) is 66.5 Å². The van der Waals surface area contributed by atoms with Gasteiger partial charge in [-0.1, -0.05) is 152 Å². The van der Waals surface area contributed by atoms with Crippen molar-refractivity contribution < 1.29 is 8.83 Å². The summed E-state index contributed by atoms with van der Waals surface area (Å²) in [6, 6.07) is 76.4. The molecule has 1 aliphatic carbocycles. The van der Waals surface area contributed by atoms with E-state index in [1.54, 1.807) is 0 Å². The third-order valence-electron chi connectivity index (χ3n) is 12.1. The van der Waals surface area contributed by atoms with Crippen LogP contribution in [0.3, 0.4) is 0 Å². The van der Waals surface area contributed by atoms with Crippen molar-refractivity contribution in [2.75, 3.05) is 4.90 Å². The molecule has 272 valence electrons. The highest BCUT2D eigenvalue weighted by atomic mass is 16.3. The minimum absolute atomic E-state index is 0.542. The Kier molecular flexibility index (Phi) is 7.14. The zero-order chi connectivity index (χ0) is 38.2. The van der Waals surface area contributed by atoms with Gasteiger partial charge in [0.05, 0.1) is 16.5 Å². The van der Waals surface area contributed by atoms with E-state index in [1.807, 2.05) is 12.1 Å². The van der Waals surface area contributed by atoms with Gasteiger partial charge in [0.15, 0.2) is 0 Å². The molecule has 1 aliphatic rings. The molecule has 0 bridgehead atoms. The topological polar surface area (TPSA) is 29.5 Å². The van der Waals surface area contributed by atoms with Crippen LogP contribution >= 0.6 is 0 Å². The first-order valence-electron chi connectivity index (χ1n) is 19.8. The van der Waals surface area contributed by atoms with E-state index < -0.39 is 5.41 Å². The minimum atomic E-state index is -0.542. The van der Waals surface area contributed by atoms with Crippen LogP contribution in [0, 0.1) is 0 Å². The molecule has 2 heterocycles. The molecule has 0 fully saturated rings. The van der Waals surface area contributed by atoms with E-state index >= 15 is 0 Å². The van der Waals surface area contributed by atoms with E-state index in [1.165, 1.54) is 38.9 Å². The fourth-order valence-electron chi connectivity index (χ4n) is 9.68. The summed E-state index contributed by atoms with van der Waals surface area (Å²) < 4.78 is 13.0. The molecule has 0 saturated heterocycles. The number of furan rings is 2. The Morgan fingerprint density at radius 2 is 0.931 bits per heavy atom. The summed E-state index contributed by atoms with van der Waals surface area (Å²) in [5.74, 6) is 0. The molecule has 11 aromatic rings. The van der Waals surface area contributed by atoms with Crippen LogP contribution in [-0.2, 0) is 5.41 Å². The number of hydrogen-bond donors (Lipinski definition) is 0. The van der Waals surface area contributed by atoms with Crippen LogP contribution in [0.5, 0.6) is 0 Å². The standard InChI is InChI=1S/C55H35NO2/c1-3-15-36(16-4-1)37-29-31-52-46(33-37)54-49(26-14-28-53(54)58-52)56(41-30-32-51-45(35-41)44-23-9-12-27-50(44)57-51)40-20-13-19-39(34-40)55(38-17-5-2-6-18-38)47-24-10-7-21-42(47)43-22-8-11-25-48(43)55/h1-35H. The fourth-order valence-corrected chi connectivity index (χ4v) is 9.68. The zero-order valence-electron chi connectivity index (χ0n) is 31.5. The maximum atomic E-state index is 6.64. The normalized spacial score (nSPS) is 13.0. The van der Waals surface area contributed by atoms with Gasteiger partial charge in [-0.3, -0.25) is 0 Å². The molecule has 0 unspecified atom stereocenters.